The van der Waals surface area contributed by atoms with Crippen LogP contribution in [0.2, 0.25) is 0 Å². The van der Waals surface area contributed by atoms with E-state index in [1.807, 2.05) is 31.2 Å². The number of fused-ring (bicyclic) bond motifs is 1. The zero-order valence-electron chi connectivity index (χ0n) is 17.7. The maximum absolute atomic E-state index is 13.2. The zero-order chi connectivity index (χ0) is 23.8. The van der Waals surface area contributed by atoms with E-state index >= 15 is 0 Å². The number of nitrogens with zero attached hydrogens (tertiary/aromatic N) is 3. The summed E-state index contributed by atoms with van der Waals surface area (Å²) in [6, 6.07) is 11.3. The van der Waals surface area contributed by atoms with E-state index in [0.29, 0.717) is 30.6 Å². The second-order valence-corrected chi connectivity index (χ2v) is 10.7. The van der Waals surface area contributed by atoms with Crippen molar-refractivity contribution >= 4 is 42.6 Å². The Hall–Kier alpha value is -2.50. The van der Waals surface area contributed by atoms with Crippen LogP contribution < -0.4 is 4.90 Å². The van der Waals surface area contributed by atoms with Gasteiger partial charge in [0.05, 0.1) is 20.7 Å². The van der Waals surface area contributed by atoms with Gasteiger partial charge in [-0.15, -0.1) is 0 Å². The number of anilines is 1. The van der Waals surface area contributed by atoms with Gasteiger partial charge in [-0.25, -0.2) is 13.4 Å². The zero-order valence-corrected chi connectivity index (χ0v) is 19.4. The van der Waals surface area contributed by atoms with Crippen molar-refractivity contribution in [1.82, 2.24) is 9.29 Å². The quantitative estimate of drug-likeness (QED) is 0.509. The van der Waals surface area contributed by atoms with Gasteiger partial charge in [-0.05, 0) is 50.1 Å². The Morgan fingerprint density at radius 1 is 1.15 bits per heavy atom. The van der Waals surface area contributed by atoms with Gasteiger partial charge < -0.3 is 0 Å². The van der Waals surface area contributed by atoms with Gasteiger partial charge in [0.2, 0.25) is 15.9 Å². The van der Waals surface area contributed by atoms with Crippen LogP contribution in [0.4, 0.5) is 18.3 Å². The van der Waals surface area contributed by atoms with E-state index in [9.17, 15) is 26.4 Å². The molecule has 0 aliphatic carbocycles. The molecule has 1 amide bonds. The summed E-state index contributed by atoms with van der Waals surface area (Å²) in [5, 5.41) is 0.600. The molecule has 11 heteroatoms. The lowest BCUT2D eigenvalue weighted by molar-refractivity contribution is -0.137. The largest absolute Gasteiger partial charge is 0.416 e. The Labute approximate surface area is 193 Å². The maximum atomic E-state index is 13.2. The van der Waals surface area contributed by atoms with E-state index in [-0.39, 0.29) is 24.9 Å². The van der Waals surface area contributed by atoms with Gasteiger partial charge in [0, 0.05) is 25.6 Å². The first-order valence-corrected chi connectivity index (χ1v) is 12.7. The molecule has 0 bridgehead atoms. The summed E-state index contributed by atoms with van der Waals surface area (Å²) in [6.45, 7) is 2.41. The number of hydrogen-bond donors (Lipinski definition) is 0. The molecule has 2 aromatic carbocycles. The summed E-state index contributed by atoms with van der Waals surface area (Å²) in [7, 11) is -4.09. The predicted molar refractivity (Wildman–Crippen MR) is 121 cm³/mol. The topological polar surface area (TPSA) is 70.6 Å². The van der Waals surface area contributed by atoms with Crippen LogP contribution in [0.15, 0.2) is 53.4 Å². The highest BCUT2D eigenvalue weighted by molar-refractivity contribution is 7.89. The Kier molecular flexibility index (Phi) is 6.47. The number of carbonyl (C=O) groups is 1. The Balaban J connectivity index is 1.47. The van der Waals surface area contributed by atoms with Crippen LogP contribution in [0, 0.1) is 5.92 Å². The fraction of sp³-hybridized carbons (Fsp3) is 0.364. The second-order valence-electron chi connectivity index (χ2n) is 7.75. The number of alkyl halides is 3. The number of rotatable bonds is 5. The lowest BCUT2D eigenvalue weighted by Gasteiger charge is -2.32. The van der Waals surface area contributed by atoms with E-state index < -0.39 is 26.7 Å². The smallest absolute Gasteiger partial charge is 0.288 e. The predicted octanol–water partition coefficient (Wildman–Crippen LogP) is 4.77. The van der Waals surface area contributed by atoms with Crippen molar-refractivity contribution < 1.29 is 26.4 Å². The average Bonchev–Trinajstić information content (AvgIpc) is 3.23. The Morgan fingerprint density at radius 3 is 2.48 bits per heavy atom. The van der Waals surface area contributed by atoms with E-state index in [0.717, 1.165) is 32.7 Å². The molecule has 0 N–H and O–H groups in total. The lowest BCUT2D eigenvalue weighted by atomic mass is 9.96. The molecule has 0 unspecified atom stereocenters. The van der Waals surface area contributed by atoms with Crippen molar-refractivity contribution in [3.05, 3.63) is 54.1 Å². The molecule has 3 aromatic rings. The molecule has 33 heavy (non-hydrogen) atoms. The van der Waals surface area contributed by atoms with Crippen molar-refractivity contribution in [1.29, 1.82) is 0 Å². The molecule has 0 radical (unpaired) electrons. The molecule has 1 aliphatic heterocycles. The summed E-state index contributed by atoms with van der Waals surface area (Å²) in [5.41, 5.74) is -0.200. The third-order valence-corrected chi connectivity index (χ3v) is 8.65. The van der Waals surface area contributed by atoms with Crippen molar-refractivity contribution in [2.75, 3.05) is 24.5 Å². The van der Waals surface area contributed by atoms with E-state index in [2.05, 4.69) is 4.98 Å². The fourth-order valence-electron chi connectivity index (χ4n) is 3.91. The van der Waals surface area contributed by atoms with Crippen LogP contribution in [0.3, 0.4) is 0 Å². The van der Waals surface area contributed by atoms with E-state index in [1.54, 1.807) is 4.90 Å². The highest BCUT2D eigenvalue weighted by Gasteiger charge is 2.36. The Bertz CT molecular complexity index is 1230. The van der Waals surface area contributed by atoms with Crippen molar-refractivity contribution in [3.63, 3.8) is 0 Å². The fourth-order valence-corrected chi connectivity index (χ4v) is 6.46. The molecular weight excluding hydrogens is 475 g/mol. The van der Waals surface area contributed by atoms with Gasteiger partial charge in [0.15, 0.2) is 5.13 Å². The molecule has 1 aliphatic rings. The van der Waals surface area contributed by atoms with Gasteiger partial charge >= 0.3 is 6.18 Å². The standard InChI is InChI=1S/C22H22F3N3O3S2/c1-2-28(21-26-18-8-3-4-9-19(18)32-21)20(29)15-10-12-27(13-11-15)33(30,31)17-7-5-6-16(14-17)22(23,24)25/h3-9,14-15H,2,10-13H2,1H3. The van der Waals surface area contributed by atoms with Crippen molar-refractivity contribution in [2.24, 2.45) is 5.92 Å². The third-order valence-electron chi connectivity index (χ3n) is 5.70. The number of para-hydroxylation sites is 1. The number of thiazole rings is 1. The minimum atomic E-state index is -4.63. The molecule has 0 saturated carbocycles. The Morgan fingerprint density at radius 2 is 1.85 bits per heavy atom. The van der Waals surface area contributed by atoms with Crippen LogP contribution in [-0.4, -0.2) is 43.2 Å². The van der Waals surface area contributed by atoms with Gasteiger partial charge in [-0.1, -0.05) is 29.5 Å². The molecule has 4 rings (SSSR count). The summed E-state index contributed by atoms with van der Waals surface area (Å²) in [4.78, 5) is 19.0. The van der Waals surface area contributed by atoms with Crippen LogP contribution in [0.25, 0.3) is 10.2 Å². The normalized spacial score (nSPS) is 16.2. The molecule has 1 saturated heterocycles. The number of hydrogen-bond acceptors (Lipinski definition) is 5. The summed E-state index contributed by atoms with van der Waals surface area (Å²) in [6.07, 6.45) is -4.05. The first-order valence-electron chi connectivity index (χ1n) is 10.5. The van der Waals surface area contributed by atoms with Gasteiger partial charge in [-0.2, -0.15) is 17.5 Å². The van der Waals surface area contributed by atoms with Gasteiger partial charge in [0.25, 0.3) is 0 Å². The number of benzene rings is 2. The molecular formula is C22H22F3N3O3S2. The number of piperidine rings is 1. The average molecular weight is 498 g/mol. The highest BCUT2D eigenvalue weighted by Crippen LogP contribution is 2.33. The van der Waals surface area contributed by atoms with Gasteiger partial charge in [0.1, 0.15) is 0 Å². The summed E-state index contributed by atoms with van der Waals surface area (Å²) in [5.74, 6) is -0.502. The summed E-state index contributed by atoms with van der Waals surface area (Å²) >= 11 is 1.42. The van der Waals surface area contributed by atoms with Crippen LogP contribution >= 0.6 is 11.3 Å². The number of carbonyl (C=O) groups excluding carboxylic acids is 1. The van der Waals surface area contributed by atoms with Gasteiger partial charge in [-0.3, -0.25) is 9.69 Å². The maximum Gasteiger partial charge on any atom is 0.416 e. The van der Waals surface area contributed by atoms with Crippen molar-refractivity contribution in [2.45, 2.75) is 30.8 Å². The minimum Gasteiger partial charge on any atom is -0.288 e. The van der Waals surface area contributed by atoms with E-state index in [1.165, 1.54) is 11.3 Å². The monoisotopic (exact) mass is 497 g/mol. The SMILES string of the molecule is CCN(C(=O)C1CCN(S(=O)(=O)c2cccc(C(F)(F)F)c2)CC1)c1nc2ccccc2s1. The molecule has 6 nitrogen and oxygen atoms in total. The molecule has 0 spiro atoms. The van der Waals surface area contributed by atoms with Crippen LogP contribution in [0.5, 0.6) is 0 Å². The first-order chi connectivity index (χ1) is 15.6. The minimum absolute atomic E-state index is 0.0619. The van der Waals surface area contributed by atoms with E-state index in [4.69, 9.17) is 0 Å². The number of amides is 1. The van der Waals surface area contributed by atoms with Crippen LogP contribution in [-0.2, 0) is 21.0 Å². The lowest BCUT2D eigenvalue weighted by Crippen LogP contribution is -2.44. The highest BCUT2D eigenvalue weighted by atomic mass is 32.2. The molecule has 1 fully saturated rings. The van der Waals surface area contributed by atoms with Crippen molar-refractivity contribution in [3.8, 4) is 0 Å². The molecule has 0 atom stereocenters. The summed E-state index contributed by atoms with van der Waals surface area (Å²) < 4.78 is 66.9. The molecule has 2 heterocycles. The first kappa shape index (κ1) is 23.7. The number of aromatic nitrogens is 1. The number of halogens is 3. The number of sulfonamides is 1. The molecule has 176 valence electrons. The van der Waals surface area contributed by atoms with Crippen LogP contribution in [0.1, 0.15) is 25.3 Å². The third kappa shape index (κ3) is 4.75. The second kappa shape index (κ2) is 9.03. The molecule has 1 aromatic heterocycles.